The third-order valence-corrected chi connectivity index (χ3v) is 2.30. The van der Waals surface area contributed by atoms with Crippen molar-refractivity contribution in [3.63, 3.8) is 0 Å². The number of benzene rings is 1. The van der Waals surface area contributed by atoms with E-state index < -0.39 is 0 Å². The SMILES string of the molecule is ON=C(Cc1ccccc1)c1ccccn1. The molecule has 0 unspecified atom stereocenters. The molecule has 0 aliphatic rings. The summed E-state index contributed by atoms with van der Waals surface area (Å²) in [7, 11) is 0. The van der Waals surface area contributed by atoms with Crippen LogP contribution in [-0.4, -0.2) is 15.9 Å². The van der Waals surface area contributed by atoms with Crippen LogP contribution in [0.2, 0.25) is 0 Å². The van der Waals surface area contributed by atoms with Gasteiger partial charge in [-0.15, -0.1) is 0 Å². The summed E-state index contributed by atoms with van der Waals surface area (Å²) in [5, 5.41) is 12.3. The lowest BCUT2D eigenvalue weighted by Crippen LogP contribution is -2.07. The summed E-state index contributed by atoms with van der Waals surface area (Å²) < 4.78 is 0. The van der Waals surface area contributed by atoms with Gasteiger partial charge in [0.2, 0.25) is 0 Å². The number of hydrogen-bond donors (Lipinski definition) is 1. The Balaban J connectivity index is 2.20. The molecule has 1 heterocycles. The third-order valence-electron chi connectivity index (χ3n) is 2.30. The van der Waals surface area contributed by atoms with Crippen molar-refractivity contribution in [1.82, 2.24) is 4.98 Å². The smallest absolute Gasteiger partial charge is 0.109 e. The van der Waals surface area contributed by atoms with Crippen LogP contribution in [0.5, 0.6) is 0 Å². The average molecular weight is 212 g/mol. The molecule has 0 saturated heterocycles. The number of rotatable bonds is 3. The fraction of sp³-hybridized carbons (Fsp3) is 0.0769. The van der Waals surface area contributed by atoms with Gasteiger partial charge in [0, 0.05) is 12.6 Å². The van der Waals surface area contributed by atoms with E-state index in [4.69, 9.17) is 5.21 Å². The lowest BCUT2D eigenvalue weighted by Gasteiger charge is -2.03. The van der Waals surface area contributed by atoms with E-state index in [9.17, 15) is 0 Å². The first-order valence-corrected chi connectivity index (χ1v) is 5.06. The molecular formula is C13H12N2O. The van der Waals surface area contributed by atoms with Crippen LogP contribution >= 0.6 is 0 Å². The van der Waals surface area contributed by atoms with Gasteiger partial charge in [-0.3, -0.25) is 4.98 Å². The van der Waals surface area contributed by atoms with Gasteiger partial charge in [-0.2, -0.15) is 0 Å². The summed E-state index contributed by atoms with van der Waals surface area (Å²) in [6, 6.07) is 15.4. The van der Waals surface area contributed by atoms with Crippen LogP contribution in [0.15, 0.2) is 59.9 Å². The van der Waals surface area contributed by atoms with Crippen molar-refractivity contribution in [3.05, 3.63) is 66.0 Å². The van der Waals surface area contributed by atoms with E-state index in [1.165, 1.54) is 0 Å². The zero-order valence-electron chi connectivity index (χ0n) is 8.74. The number of aromatic nitrogens is 1. The minimum absolute atomic E-state index is 0.576. The maximum absolute atomic E-state index is 8.99. The van der Waals surface area contributed by atoms with Crippen molar-refractivity contribution in [2.45, 2.75) is 6.42 Å². The van der Waals surface area contributed by atoms with Gasteiger partial charge in [0.05, 0.1) is 5.69 Å². The van der Waals surface area contributed by atoms with Crippen molar-refractivity contribution in [1.29, 1.82) is 0 Å². The summed E-state index contributed by atoms with van der Waals surface area (Å²) in [6.07, 6.45) is 2.26. The molecule has 2 aromatic rings. The second kappa shape index (κ2) is 5.07. The van der Waals surface area contributed by atoms with E-state index in [-0.39, 0.29) is 0 Å². The third kappa shape index (κ3) is 2.45. The number of nitrogens with zero attached hydrogens (tertiary/aromatic N) is 2. The largest absolute Gasteiger partial charge is 0.411 e. The molecule has 0 aliphatic heterocycles. The molecular weight excluding hydrogens is 200 g/mol. The van der Waals surface area contributed by atoms with Gasteiger partial charge in [0.15, 0.2) is 0 Å². The van der Waals surface area contributed by atoms with Crippen molar-refractivity contribution in [2.24, 2.45) is 5.16 Å². The maximum Gasteiger partial charge on any atom is 0.109 e. The van der Waals surface area contributed by atoms with Gasteiger partial charge < -0.3 is 5.21 Å². The highest BCUT2D eigenvalue weighted by molar-refractivity contribution is 5.99. The lowest BCUT2D eigenvalue weighted by atomic mass is 10.1. The Morgan fingerprint density at radius 2 is 1.81 bits per heavy atom. The van der Waals surface area contributed by atoms with E-state index in [1.807, 2.05) is 48.5 Å². The predicted octanol–water partition coefficient (Wildman–Crippen LogP) is 2.50. The molecule has 2 rings (SSSR count). The molecule has 80 valence electrons. The van der Waals surface area contributed by atoms with Crippen molar-refractivity contribution >= 4 is 5.71 Å². The maximum atomic E-state index is 8.99. The van der Waals surface area contributed by atoms with Crippen LogP contribution in [0.1, 0.15) is 11.3 Å². The highest BCUT2D eigenvalue weighted by Crippen LogP contribution is 2.06. The fourth-order valence-electron chi connectivity index (χ4n) is 1.50. The average Bonchev–Trinajstić information content (AvgIpc) is 2.38. The highest BCUT2D eigenvalue weighted by Gasteiger charge is 2.05. The molecule has 1 aromatic heterocycles. The molecule has 0 spiro atoms. The summed E-state index contributed by atoms with van der Waals surface area (Å²) in [5.74, 6) is 0. The van der Waals surface area contributed by atoms with Crippen LogP contribution in [0.4, 0.5) is 0 Å². The fourth-order valence-corrected chi connectivity index (χ4v) is 1.50. The van der Waals surface area contributed by atoms with Gasteiger partial charge in [-0.05, 0) is 17.7 Å². The predicted molar refractivity (Wildman–Crippen MR) is 62.7 cm³/mol. The molecule has 0 aliphatic carbocycles. The first-order valence-electron chi connectivity index (χ1n) is 5.06. The summed E-state index contributed by atoms with van der Waals surface area (Å²) in [4.78, 5) is 4.16. The number of oxime groups is 1. The molecule has 0 amide bonds. The van der Waals surface area contributed by atoms with Crippen molar-refractivity contribution in [3.8, 4) is 0 Å². The quantitative estimate of drug-likeness (QED) is 0.482. The Labute approximate surface area is 94.1 Å². The second-order valence-corrected chi connectivity index (χ2v) is 3.42. The molecule has 0 radical (unpaired) electrons. The highest BCUT2D eigenvalue weighted by atomic mass is 16.4. The van der Waals surface area contributed by atoms with Gasteiger partial charge in [0.1, 0.15) is 5.71 Å². The molecule has 0 atom stereocenters. The first kappa shape index (κ1) is 10.4. The molecule has 0 bridgehead atoms. The zero-order chi connectivity index (χ0) is 11.2. The number of hydrogen-bond acceptors (Lipinski definition) is 3. The molecule has 3 heteroatoms. The van der Waals surface area contributed by atoms with Gasteiger partial charge in [-0.1, -0.05) is 41.6 Å². The van der Waals surface area contributed by atoms with Crippen LogP contribution in [0, 0.1) is 0 Å². The number of pyridine rings is 1. The van der Waals surface area contributed by atoms with Gasteiger partial charge >= 0.3 is 0 Å². The lowest BCUT2D eigenvalue weighted by molar-refractivity contribution is 0.318. The van der Waals surface area contributed by atoms with Crippen LogP contribution < -0.4 is 0 Å². The van der Waals surface area contributed by atoms with E-state index >= 15 is 0 Å². The van der Waals surface area contributed by atoms with E-state index in [0.717, 1.165) is 5.56 Å². The normalized spacial score (nSPS) is 11.4. The van der Waals surface area contributed by atoms with E-state index in [0.29, 0.717) is 17.8 Å². The molecule has 0 fully saturated rings. The van der Waals surface area contributed by atoms with Crippen molar-refractivity contribution in [2.75, 3.05) is 0 Å². The Bertz CT molecular complexity index is 466. The summed E-state index contributed by atoms with van der Waals surface area (Å²) >= 11 is 0. The molecule has 0 saturated carbocycles. The van der Waals surface area contributed by atoms with Crippen molar-refractivity contribution < 1.29 is 5.21 Å². The Kier molecular flexibility index (Phi) is 3.28. The summed E-state index contributed by atoms with van der Waals surface area (Å²) in [5.41, 5.74) is 2.38. The Morgan fingerprint density at radius 1 is 1.06 bits per heavy atom. The Hall–Kier alpha value is -2.16. The monoisotopic (exact) mass is 212 g/mol. The molecule has 16 heavy (non-hydrogen) atoms. The minimum atomic E-state index is 0.576. The standard InChI is InChI=1S/C13H12N2O/c16-15-13(12-8-4-5-9-14-12)10-11-6-2-1-3-7-11/h1-9,16H,10H2. The van der Waals surface area contributed by atoms with E-state index in [1.54, 1.807) is 6.20 Å². The molecule has 1 aromatic carbocycles. The topological polar surface area (TPSA) is 45.5 Å². The second-order valence-electron chi connectivity index (χ2n) is 3.42. The van der Waals surface area contributed by atoms with Crippen LogP contribution in [-0.2, 0) is 6.42 Å². The Morgan fingerprint density at radius 3 is 2.44 bits per heavy atom. The molecule has 1 N–H and O–H groups in total. The van der Waals surface area contributed by atoms with Crippen LogP contribution in [0.25, 0.3) is 0 Å². The zero-order valence-corrected chi connectivity index (χ0v) is 8.74. The molecule has 3 nitrogen and oxygen atoms in total. The van der Waals surface area contributed by atoms with Crippen LogP contribution in [0.3, 0.4) is 0 Å². The van der Waals surface area contributed by atoms with Gasteiger partial charge in [-0.25, -0.2) is 0 Å². The van der Waals surface area contributed by atoms with E-state index in [2.05, 4.69) is 10.1 Å². The van der Waals surface area contributed by atoms with Gasteiger partial charge in [0.25, 0.3) is 0 Å². The summed E-state index contributed by atoms with van der Waals surface area (Å²) in [6.45, 7) is 0. The minimum Gasteiger partial charge on any atom is -0.411 e. The first-order chi connectivity index (χ1) is 7.90.